The Kier molecular flexibility index (Phi) is 2.87. The van der Waals surface area contributed by atoms with Crippen LogP contribution >= 0.6 is 0 Å². The van der Waals surface area contributed by atoms with Crippen molar-refractivity contribution in [1.82, 2.24) is 5.32 Å². The second-order valence-electron chi connectivity index (χ2n) is 3.42. The van der Waals surface area contributed by atoms with E-state index in [-0.39, 0.29) is 12.8 Å². The van der Waals surface area contributed by atoms with Gasteiger partial charge < -0.3 is 19.6 Å². The second kappa shape index (κ2) is 4.31. The highest BCUT2D eigenvalue weighted by Gasteiger charge is 2.14. The molecule has 1 heterocycles. The highest BCUT2D eigenvalue weighted by molar-refractivity contribution is 5.58. The summed E-state index contributed by atoms with van der Waals surface area (Å²) in [6.45, 7) is 0.280. The van der Waals surface area contributed by atoms with Gasteiger partial charge in [-0.25, -0.2) is 0 Å². The second-order valence-corrected chi connectivity index (χ2v) is 3.42. The number of fused-ring (bicyclic) bond motifs is 1. The summed E-state index contributed by atoms with van der Waals surface area (Å²) in [5, 5.41) is 2.93. The van der Waals surface area contributed by atoms with Crippen molar-refractivity contribution in [2.75, 3.05) is 13.8 Å². The number of hydrogen-bond acceptors (Lipinski definition) is 4. The minimum absolute atomic E-state index is 0.148. The predicted octanol–water partition coefficient (Wildman–Crippen LogP) is 0.745. The van der Waals surface area contributed by atoms with Crippen LogP contribution in [0.5, 0.6) is 11.5 Å². The van der Waals surface area contributed by atoms with Gasteiger partial charge in [-0.3, -0.25) is 0 Å². The summed E-state index contributed by atoms with van der Waals surface area (Å²) in [7, 11) is 1.77. The third-order valence-electron chi connectivity index (χ3n) is 2.43. The Labute approximate surface area is 88.2 Å². The van der Waals surface area contributed by atoms with Crippen molar-refractivity contribution in [3.8, 4) is 11.5 Å². The molecule has 1 aliphatic heterocycles. The number of benzene rings is 1. The van der Waals surface area contributed by atoms with E-state index in [2.05, 4.69) is 5.32 Å². The lowest BCUT2D eigenvalue weighted by Gasteiger charge is -2.08. The maximum absolute atomic E-state index is 10.7. The molecule has 1 aromatic carbocycles. The van der Waals surface area contributed by atoms with Crippen LogP contribution in [0.15, 0.2) is 18.2 Å². The number of carbonyl (C=O) groups excluding carboxylic acids is 1. The molecule has 1 N–H and O–H groups in total. The summed E-state index contributed by atoms with van der Waals surface area (Å²) in [5.74, 6) is 1.53. The molecule has 2 rings (SSSR count). The first kappa shape index (κ1) is 9.98. The molecule has 0 aromatic heterocycles. The van der Waals surface area contributed by atoms with Gasteiger partial charge in [-0.05, 0) is 31.2 Å². The summed E-state index contributed by atoms with van der Waals surface area (Å²) in [5.41, 5.74) is 1.06. The van der Waals surface area contributed by atoms with E-state index >= 15 is 0 Å². The summed E-state index contributed by atoms with van der Waals surface area (Å²) in [4.78, 5) is 10.7. The molecule has 4 nitrogen and oxygen atoms in total. The number of rotatable bonds is 4. The molecule has 0 aliphatic carbocycles. The van der Waals surface area contributed by atoms with Crippen molar-refractivity contribution in [2.45, 2.75) is 12.5 Å². The van der Waals surface area contributed by atoms with Crippen molar-refractivity contribution in [1.29, 1.82) is 0 Å². The third kappa shape index (κ3) is 2.10. The van der Waals surface area contributed by atoms with E-state index in [0.717, 1.165) is 23.3 Å². The van der Waals surface area contributed by atoms with E-state index in [1.807, 2.05) is 18.2 Å². The fourth-order valence-corrected chi connectivity index (χ4v) is 1.54. The topological polar surface area (TPSA) is 47.6 Å². The van der Waals surface area contributed by atoms with Crippen molar-refractivity contribution < 1.29 is 14.3 Å². The third-order valence-corrected chi connectivity index (χ3v) is 2.43. The fourth-order valence-electron chi connectivity index (χ4n) is 1.54. The van der Waals surface area contributed by atoms with Crippen molar-refractivity contribution >= 4 is 6.29 Å². The van der Waals surface area contributed by atoms with E-state index in [1.54, 1.807) is 7.05 Å². The van der Waals surface area contributed by atoms with Gasteiger partial charge in [-0.15, -0.1) is 0 Å². The van der Waals surface area contributed by atoms with E-state index in [4.69, 9.17) is 9.47 Å². The van der Waals surface area contributed by atoms with Crippen molar-refractivity contribution in [3.05, 3.63) is 23.8 Å². The maximum atomic E-state index is 10.7. The predicted molar refractivity (Wildman–Crippen MR) is 55.2 cm³/mol. The van der Waals surface area contributed by atoms with Gasteiger partial charge in [0, 0.05) is 0 Å². The SMILES string of the molecule is CNC(C=O)Cc1ccc2c(c1)OCO2. The Balaban J connectivity index is 2.12. The van der Waals surface area contributed by atoms with Crippen LogP contribution < -0.4 is 14.8 Å². The summed E-state index contributed by atoms with van der Waals surface area (Å²) in [6, 6.07) is 5.58. The van der Waals surface area contributed by atoms with Gasteiger partial charge in [-0.2, -0.15) is 0 Å². The van der Waals surface area contributed by atoms with E-state index in [0.29, 0.717) is 6.42 Å². The Morgan fingerprint density at radius 1 is 1.47 bits per heavy atom. The largest absolute Gasteiger partial charge is 0.454 e. The van der Waals surface area contributed by atoms with Crippen molar-refractivity contribution in [2.24, 2.45) is 0 Å². The monoisotopic (exact) mass is 207 g/mol. The summed E-state index contributed by atoms with van der Waals surface area (Å²) >= 11 is 0. The number of aldehydes is 1. The molecule has 0 saturated carbocycles. The summed E-state index contributed by atoms with van der Waals surface area (Å²) < 4.78 is 10.5. The van der Waals surface area contributed by atoms with Gasteiger partial charge in [0.2, 0.25) is 6.79 Å². The van der Waals surface area contributed by atoms with Crippen LogP contribution in [0.25, 0.3) is 0 Å². The highest BCUT2D eigenvalue weighted by atomic mass is 16.7. The number of carbonyl (C=O) groups is 1. The molecule has 0 radical (unpaired) electrons. The van der Waals surface area contributed by atoms with Crippen LogP contribution in [0, 0.1) is 0 Å². The minimum atomic E-state index is -0.148. The van der Waals surface area contributed by atoms with Gasteiger partial charge in [-0.1, -0.05) is 6.07 Å². The van der Waals surface area contributed by atoms with Crippen LogP contribution in [0.1, 0.15) is 5.56 Å². The smallest absolute Gasteiger partial charge is 0.231 e. The molecule has 1 unspecified atom stereocenters. The van der Waals surface area contributed by atoms with Crippen LogP contribution in [0.3, 0.4) is 0 Å². The zero-order valence-corrected chi connectivity index (χ0v) is 8.53. The van der Waals surface area contributed by atoms with Gasteiger partial charge >= 0.3 is 0 Å². The first-order valence-corrected chi connectivity index (χ1v) is 4.84. The molecule has 0 fully saturated rings. The first-order chi connectivity index (χ1) is 7.33. The maximum Gasteiger partial charge on any atom is 0.231 e. The van der Waals surface area contributed by atoms with Crippen molar-refractivity contribution in [3.63, 3.8) is 0 Å². The van der Waals surface area contributed by atoms with E-state index in [9.17, 15) is 4.79 Å². The van der Waals surface area contributed by atoms with E-state index in [1.165, 1.54) is 0 Å². The Bertz CT molecular complexity index is 365. The zero-order chi connectivity index (χ0) is 10.7. The molecule has 0 spiro atoms. The average Bonchev–Trinajstić information content (AvgIpc) is 2.73. The Hall–Kier alpha value is -1.55. The quantitative estimate of drug-likeness (QED) is 0.740. The fraction of sp³-hybridized carbons (Fsp3) is 0.364. The van der Waals surface area contributed by atoms with Crippen LogP contribution in [-0.4, -0.2) is 26.2 Å². The number of nitrogens with one attached hydrogen (secondary N) is 1. The number of hydrogen-bond donors (Lipinski definition) is 1. The molecule has 4 heteroatoms. The normalized spacial score (nSPS) is 15.0. The molecule has 0 bridgehead atoms. The van der Waals surface area contributed by atoms with Crippen LogP contribution in [0.2, 0.25) is 0 Å². The molecule has 1 atom stereocenters. The van der Waals surface area contributed by atoms with Gasteiger partial charge in [0.25, 0.3) is 0 Å². The van der Waals surface area contributed by atoms with Gasteiger partial charge in [0.15, 0.2) is 11.5 Å². The van der Waals surface area contributed by atoms with Gasteiger partial charge in [0.1, 0.15) is 6.29 Å². The highest BCUT2D eigenvalue weighted by Crippen LogP contribution is 2.32. The zero-order valence-electron chi connectivity index (χ0n) is 8.53. The molecular formula is C11H13NO3. The number of ether oxygens (including phenoxy) is 2. The molecule has 80 valence electrons. The van der Waals surface area contributed by atoms with Gasteiger partial charge in [0.05, 0.1) is 6.04 Å². The molecule has 1 aliphatic rings. The first-order valence-electron chi connectivity index (χ1n) is 4.84. The average molecular weight is 207 g/mol. The lowest BCUT2D eigenvalue weighted by Crippen LogP contribution is -2.28. The molecular weight excluding hydrogens is 194 g/mol. The van der Waals surface area contributed by atoms with E-state index < -0.39 is 0 Å². The minimum Gasteiger partial charge on any atom is -0.454 e. The molecule has 0 amide bonds. The Morgan fingerprint density at radius 2 is 2.27 bits per heavy atom. The molecule has 1 aromatic rings. The molecule has 15 heavy (non-hydrogen) atoms. The Morgan fingerprint density at radius 3 is 3.00 bits per heavy atom. The molecule has 0 saturated heterocycles. The standard InChI is InChI=1S/C11H13NO3/c1-12-9(6-13)4-8-2-3-10-11(5-8)15-7-14-10/h2-3,5-6,9,12H,4,7H2,1H3. The lowest BCUT2D eigenvalue weighted by molar-refractivity contribution is -0.109. The van der Waals surface area contributed by atoms with Crippen LogP contribution in [0.4, 0.5) is 0 Å². The number of likely N-dealkylation sites (N-methyl/N-ethyl adjacent to an activating group) is 1. The summed E-state index contributed by atoms with van der Waals surface area (Å²) in [6.07, 6.45) is 1.57. The van der Waals surface area contributed by atoms with Crippen LogP contribution in [-0.2, 0) is 11.2 Å². The lowest BCUT2D eigenvalue weighted by atomic mass is 10.1.